The van der Waals surface area contributed by atoms with Crippen molar-refractivity contribution in [2.45, 2.75) is 26.9 Å². The molecule has 0 aliphatic heterocycles. The van der Waals surface area contributed by atoms with Crippen molar-refractivity contribution < 1.29 is 14.3 Å². The van der Waals surface area contributed by atoms with Crippen molar-refractivity contribution in [2.24, 2.45) is 0 Å². The molecule has 0 spiro atoms. The monoisotopic (exact) mass is 291 g/mol. The lowest BCUT2D eigenvalue weighted by atomic mass is 10.1. The normalized spacial score (nSPS) is 10.3. The van der Waals surface area contributed by atoms with Crippen molar-refractivity contribution in [3.05, 3.63) is 45.4 Å². The minimum atomic E-state index is -0.280. The summed E-state index contributed by atoms with van der Waals surface area (Å²) >= 11 is 1.49. The summed E-state index contributed by atoms with van der Waals surface area (Å²) in [6, 6.07) is 6.05. The zero-order valence-corrected chi connectivity index (χ0v) is 12.6. The molecule has 0 N–H and O–H groups in total. The molecule has 2 rings (SSSR count). The average molecular weight is 291 g/mol. The molecule has 0 bridgehead atoms. The molecular weight excluding hydrogens is 274 g/mol. The second-order valence-corrected chi connectivity index (χ2v) is 5.44. The van der Waals surface area contributed by atoms with E-state index in [1.54, 1.807) is 0 Å². The number of carbonyl (C=O) groups is 1. The third kappa shape index (κ3) is 3.57. The van der Waals surface area contributed by atoms with E-state index in [0.717, 1.165) is 27.6 Å². The number of hydrogen-bond donors (Lipinski definition) is 0. The Morgan fingerprint density at radius 2 is 2.00 bits per heavy atom. The van der Waals surface area contributed by atoms with Crippen molar-refractivity contribution in [3.63, 3.8) is 0 Å². The number of carbonyl (C=O) groups excluding carboxylic acids is 1. The maximum atomic E-state index is 11.2. The first-order chi connectivity index (χ1) is 9.60. The Hall–Kier alpha value is -1.88. The Kier molecular flexibility index (Phi) is 4.74. The summed E-state index contributed by atoms with van der Waals surface area (Å²) < 4.78 is 10.4. The van der Waals surface area contributed by atoms with Crippen LogP contribution in [0.5, 0.6) is 5.75 Å². The Labute approximate surface area is 122 Å². The summed E-state index contributed by atoms with van der Waals surface area (Å²) in [5, 5.41) is 2.71. The molecule has 0 atom stereocenters. The van der Waals surface area contributed by atoms with Crippen molar-refractivity contribution in [3.8, 4) is 5.75 Å². The van der Waals surface area contributed by atoms with E-state index >= 15 is 0 Å². The number of esters is 1. The zero-order valence-electron chi connectivity index (χ0n) is 11.8. The second kappa shape index (κ2) is 6.52. The Morgan fingerprint density at radius 1 is 1.30 bits per heavy atom. The van der Waals surface area contributed by atoms with Gasteiger partial charge < -0.3 is 9.47 Å². The van der Waals surface area contributed by atoms with Crippen molar-refractivity contribution in [1.29, 1.82) is 0 Å². The van der Waals surface area contributed by atoms with Crippen LogP contribution in [0.2, 0.25) is 0 Å². The fourth-order valence-corrected chi connectivity index (χ4v) is 2.58. The van der Waals surface area contributed by atoms with Crippen LogP contribution in [0, 0.1) is 13.8 Å². The van der Waals surface area contributed by atoms with Gasteiger partial charge in [0.25, 0.3) is 0 Å². The molecule has 0 unspecified atom stereocenters. The molecule has 0 saturated carbocycles. The highest BCUT2D eigenvalue weighted by Crippen LogP contribution is 2.24. The Balaban J connectivity index is 1.99. The predicted molar refractivity (Wildman–Crippen MR) is 78.1 cm³/mol. The van der Waals surface area contributed by atoms with Gasteiger partial charge in [-0.15, -0.1) is 11.3 Å². The smallest absolute Gasteiger partial charge is 0.311 e. The maximum Gasteiger partial charge on any atom is 0.311 e. The van der Waals surface area contributed by atoms with E-state index in [-0.39, 0.29) is 12.4 Å². The van der Waals surface area contributed by atoms with Gasteiger partial charge in [-0.25, -0.2) is 4.98 Å². The lowest BCUT2D eigenvalue weighted by Crippen LogP contribution is -2.05. The van der Waals surface area contributed by atoms with Gasteiger partial charge in [-0.1, -0.05) is 18.2 Å². The first kappa shape index (κ1) is 14.5. The number of ether oxygens (including phenoxy) is 2. The summed E-state index contributed by atoms with van der Waals surface area (Å²) in [6.45, 7) is 4.46. The van der Waals surface area contributed by atoms with Crippen molar-refractivity contribution >= 4 is 17.3 Å². The summed E-state index contributed by atoms with van der Waals surface area (Å²) in [5.41, 5.74) is 2.94. The first-order valence-electron chi connectivity index (χ1n) is 6.29. The van der Waals surface area contributed by atoms with Gasteiger partial charge in [0.15, 0.2) is 0 Å². The Morgan fingerprint density at radius 3 is 2.65 bits per heavy atom. The number of aryl methyl sites for hydroxylation is 2. The van der Waals surface area contributed by atoms with Crippen molar-refractivity contribution in [2.75, 3.05) is 7.11 Å². The molecule has 0 amide bonds. The van der Waals surface area contributed by atoms with Gasteiger partial charge in [-0.3, -0.25) is 4.79 Å². The number of methoxy groups -OCH3 is 1. The lowest BCUT2D eigenvalue weighted by molar-refractivity contribution is -0.139. The number of rotatable bonds is 5. The van der Waals surface area contributed by atoms with Crippen LogP contribution < -0.4 is 4.74 Å². The first-order valence-corrected chi connectivity index (χ1v) is 7.17. The number of aromatic nitrogens is 1. The zero-order chi connectivity index (χ0) is 14.5. The van der Waals surface area contributed by atoms with Gasteiger partial charge in [0.1, 0.15) is 17.4 Å². The molecule has 2 aromatic rings. The third-order valence-corrected chi connectivity index (χ3v) is 3.77. The molecule has 0 aliphatic rings. The van der Waals surface area contributed by atoms with Gasteiger partial charge in [0.2, 0.25) is 0 Å². The molecule has 106 valence electrons. The number of nitrogens with zero attached hydrogens (tertiary/aromatic N) is 1. The van der Waals surface area contributed by atoms with Crippen LogP contribution in [0.15, 0.2) is 23.6 Å². The van der Waals surface area contributed by atoms with E-state index in [2.05, 4.69) is 9.72 Å². The highest BCUT2D eigenvalue weighted by molar-refractivity contribution is 7.09. The molecule has 1 heterocycles. The summed E-state index contributed by atoms with van der Waals surface area (Å²) in [6.07, 6.45) is 0.205. The van der Waals surface area contributed by atoms with E-state index < -0.39 is 0 Å². The van der Waals surface area contributed by atoms with Gasteiger partial charge in [0, 0.05) is 5.38 Å². The highest BCUT2D eigenvalue weighted by atomic mass is 32.1. The topological polar surface area (TPSA) is 48.4 Å². The van der Waals surface area contributed by atoms with Gasteiger partial charge >= 0.3 is 5.97 Å². The fourth-order valence-electron chi connectivity index (χ4n) is 1.88. The van der Waals surface area contributed by atoms with Crippen LogP contribution in [0.3, 0.4) is 0 Å². The van der Waals surface area contributed by atoms with Gasteiger partial charge in [-0.2, -0.15) is 0 Å². The molecule has 0 radical (unpaired) electrons. The lowest BCUT2D eigenvalue weighted by Gasteiger charge is -2.10. The van der Waals surface area contributed by atoms with Crippen LogP contribution in [0.4, 0.5) is 0 Å². The van der Waals surface area contributed by atoms with E-state index in [1.807, 2.05) is 37.4 Å². The average Bonchev–Trinajstić information content (AvgIpc) is 2.85. The van der Waals surface area contributed by atoms with Crippen LogP contribution in [0.1, 0.15) is 21.8 Å². The van der Waals surface area contributed by atoms with E-state index in [9.17, 15) is 4.79 Å². The summed E-state index contributed by atoms with van der Waals surface area (Å²) in [5.74, 6) is 0.620. The van der Waals surface area contributed by atoms with Crippen LogP contribution in [0.25, 0.3) is 0 Å². The van der Waals surface area contributed by atoms with Crippen LogP contribution >= 0.6 is 11.3 Å². The molecule has 0 aliphatic carbocycles. The van der Waals surface area contributed by atoms with E-state index in [4.69, 9.17) is 4.74 Å². The molecule has 1 aromatic carbocycles. The van der Waals surface area contributed by atoms with Crippen molar-refractivity contribution in [1.82, 2.24) is 4.98 Å². The molecular formula is C15H17NO3S. The molecule has 1 aromatic heterocycles. The number of para-hydroxylation sites is 1. The number of thiazole rings is 1. The quantitative estimate of drug-likeness (QED) is 0.794. The maximum absolute atomic E-state index is 11.2. The SMILES string of the molecule is COC(=O)Cc1csc(COc2c(C)cccc2C)n1. The molecule has 5 heteroatoms. The van der Waals surface area contributed by atoms with E-state index in [0.29, 0.717) is 6.61 Å². The number of hydrogen-bond acceptors (Lipinski definition) is 5. The van der Waals surface area contributed by atoms with E-state index in [1.165, 1.54) is 18.4 Å². The van der Waals surface area contributed by atoms with Gasteiger partial charge in [-0.05, 0) is 25.0 Å². The highest BCUT2D eigenvalue weighted by Gasteiger charge is 2.09. The molecule has 0 saturated heterocycles. The third-order valence-electron chi connectivity index (χ3n) is 2.90. The minimum Gasteiger partial charge on any atom is -0.486 e. The Bertz CT molecular complexity index is 587. The summed E-state index contributed by atoms with van der Waals surface area (Å²) in [7, 11) is 1.37. The molecule has 20 heavy (non-hydrogen) atoms. The molecule has 4 nitrogen and oxygen atoms in total. The number of benzene rings is 1. The standard InChI is InChI=1S/C15H17NO3S/c1-10-5-4-6-11(2)15(10)19-8-13-16-12(9-20-13)7-14(17)18-3/h4-6,9H,7-8H2,1-3H3. The minimum absolute atomic E-state index is 0.205. The fraction of sp³-hybridized carbons (Fsp3) is 0.333. The van der Waals surface area contributed by atoms with Gasteiger partial charge in [0.05, 0.1) is 19.2 Å². The predicted octanol–water partition coefficient (Wildman–Crippen LogP) is 3.05. The largest absolute Gasteiger partial charge is 0.486 e. The summed E-state index contributed by atoms with van der Waals surface area (Å²) in [4.78, 5) is 15.5. The van der Waals surface area contributed by atoms with Crippen LogP contribution in [-0.4, -0.2) is 18.1 Å². The van der Waals surface area contributed by atoms with Crippen LogP contribution in [-0.2, 0) is 22.6 Å². The molecule has 0 fully saturated rings. The second-order valence-electron chi connectivity index (χ2n) is 4.50.